The fraction of sp³-hybridized carbons (Fsp3) is 0.160. The fourth-order valence-electron chi connectivity index (χ4n) is 3.96. The molecule has 0 saturated carbocycles. The van der Waals surface area contributed by atoms with E-state index >= 15 is 0 Å². The number of halogens is 5. The Kier molecular flexibility index (Phi) is 6.14. The van der Waals surface area contributed by atoms with Gasteiger partial charge in [0.25, 0.3) is 6.43 Å². The first-order valence-corrected chi connectivity index (χ1v) is 9.97. The second kappa shape index (κ2) is 8.88. The summed E-state index contributed by atoms with van der Waals surface area (Å²) in [6.45, 7) is -0.980. The maximum Gasteiger partial charge on any atom is 0.433 e. The van der Waals surface area contributed by atoms with Crippen molar-refractivity contribution in [1.29, 1.82) is 0 Å². The smallest absolute Gasteiger partial charge is 0.392 e. The predicted molar refractivity (Wildman–Crippen MR) is 114 cm³/mol. The topological polar surface area (TPSA) is 53.4 Å². The van der Waals surface area contributed by atoms with E-state index in [2.05, 4.69) is 4.98 Å². The molecule has 0 amide bonds. The zero-order valence-electron chi connectivity index (χ0n) is 17.0. The van der Waals surface area contributed by atoms with Gasteiger partial charge in [0.05, 0.1) is 6.61 Å². The number of alkyl halides is 5. The van der Waals surface area contributed by atoms with Crippen LogP contribution >= 0.6 is 0 Å². The van der Waals surface area contributed by atoms with Crippen LogP contribution in [-0.4, -0.2) is 15.2 Å². The Morgan fingerprint density at radius 3 is 2.09 bits per heavy atom. The van der Waals surface area contributed by atoms with Gasteiger partial charge in [-0.25, -0.2) is 13.8 Å². The Bertz CT molecular complexity index is 1290. The molecule has 170 valence electrons. The third kappa shape index (κ3) is 4.31. The first kappa shape index (κ1) is 22.8. The molecule has 0 aliphatic heterocycles. The highest BCUT2D eigenvalue weighted by Gasteiger charge is 2.41. The van der Waals surface area contributed by atoms with Gasteiger partial charge in [-0.1, -0.05) is 66.7 Å². The monoisotopic (exact) mass is 459 g/mol. The van der Waals surface area contributed by atoms with E-state index in [-0.39, 0.29) is 16.7 Å². The molecule has 3 nitrogen and oxygen atoms in total. The minimum absolute atomic E-state index is 0.131. The number of fused-ring (bicyclic) bond motifs is 1. The Hall–Kier alpha value is -3.36. The van der Waals surface area contributed by atoms with Gasteiger partial charge in [0.15, 0.2) is 5.69 Å². The molecular formula is C25H18F5NO2. The molecule has 8 heteroatoms. The molecule has 1 unspecified atom stereocenters. The summed E-state index contributed by atoms with van der Waals surface area (Å²) in [6.07, 6.45) is -10.3. The lowest BCUT2D eigenvalue weighted by molar-refractivity contribution is -0.142. The Morgan fingerprint density at radius 2 is 1.48 bits per heavy atom. The van der Waals surface area contributed by atoms with Gasteiger partial charge in [0, 0.05) is 11.1 Å². The summed E-state index contributed by atoms with van der Waals surface area (Å²) >= 11 is 0. The SMILES string of the molecule is OCc1c(C(F)F)nc(C(F)(F)F)c(C(O)c2ccc3ccccc3c2)c1-c1ccccc1. The predicted octanol–water partition coefficient (Wildman–Crippen LogP) is 6.43. The minimum Gasteiger partial charge on any atom is -0.392 e. The Labute approximate surface area is 185 Å². The van der Waals surface area contributed by atoms with Crippen molar-refractivity contribution in [1.82, 2.24) is 4.98 Å². The molecule has 2 N–H and O–H groups in total. The molecule has 0 spiro atoms. The zero-order chi connectivity index (χ0) is 23.8. The number of nitrogens with zero attached hydrogens (tertiary/aromatic N) is 1. The van der Waals surface area contributed by atoms with Gasteiger partial charge in [-0.3, -0.25) is 0 Å². The molecule has 0 aliphatic carbocycles. The lowest BCUT2D eigenvalue weighted by atomic mass is 9.87. The van der Waals surface area contributed by atoms with Crippen LogP contribution in [0.1, 0.15) is 40.6 Å². The maximum atomic E-state index is 14.1. The number of hydrogen-bond acceptors (Lipinski definition) is 3. The molecular weight excluding hydrogens is 441 g/mol. The van der Waals surface area contributed by atoms with E-state index in [0.717, 1.165) is 5.39 Å². The molecule has 1 aromatic heterocycles. The third-order valence-corrected chi connectivity index (χ3v) is 5.43. The van der Waals surface area contributed by atoms with E-state index in [1.807, 2.05) is 6.07 Å². The second-order valence-corrected chi connectivity index (χ2v) is 7.44. The van der Waals surface area contributed by atoms with Crippen molar-refractivity contribution >= 4 is 10.8 Å². The summed E-state index contributed by atoms with van der Waals surface area (Å²) in [5.41, 5.74) is -3.96. The van der Waals surface area contributed by atoms with E-state index in [1.54, 1.807) is 30.3 Å². The van der Waals surface area contributed by atoms with Gasteiger partial charge >= 0.3 is 6.18 Å². The molecule has 1 heterocycles. The summed E-state index contributed by atoms with van der Waals surface area (Å²) in [5.74, 6) is 0. The standard InChI is InChI=1S/C25H18F5NO2/c26-24(27)21-18(13-32)19(15-7-2-1-3-8-15)20(23(31-21)25(28,29)30)22(33)17-11-10-14-6-4-5-9-16(14)12-17/h1-12,22,24,32-33H,13H2. The summed E-state index contributed by atoms with van der Waals surface area (Å²) in [6, 6.07) is 19.3. The van der Waals surface area contributed by atoms with Crippen molar-refractivity contribution in [2.24, 2.45) is 0 Å². The van der Waals surface area contributed by atoms with Crippen molar-refractivity contribution in [2.75, 3.05) is 0 Å². The molecule has 3 aromatic carbocycles. The minimum atomic E-state index is -5.13. The molecule has 0 fully saturated rings. The Balaban J connectivity index is 2.08. The number of pyridine rings is 1. The van der Waals surface area contributed by atoms with Crippen LogP contribution in [0.2, 0.25) is 0 Å². The van der Waals surface area contributed by atoms with Crippen LogP contribution in [0.15, 0.2) is 72.8 Å². The van der Waals surface area contributed by atoms with Gasteiger partial charge < -0.3 is 10.2 Å². The molecule has 4 rings (SSSR count). The maximum absolute atomic E-state index is 14.1. The number of hydrogen-bond donors (Lipinski definition) is 2. The van der Waals surface area contributed by atoms with Crippen molar-refractivity contribution in [3.8, 4) is 11.1 Å². The highest BCUT2D eigenvalue weighted by atomic mass is 19.4. The Morgan fingerprint density at radius 1 is 0.848 bits per heavy atom. The first-order chi connectivity index (χ1) is 15.7. The lowest BCUT2D eigenvalue weighted by Gasteiger charge is -2.25. The average Bonchev–Trinajstić information content (AvgIpc) is 2.81. The van der Waals surface area contributed by atoms with Gasteiger partial charge in [-0.2, -0.15) is 13.2 Å². The van der Waals surface area contributed by atoms with Gasteiger partial charge in [0.2, 0.25) is 0 Å². The summed E-state index contributed by atoms with van der Waals surface area (Å²) in [7, 11) is 0. The van der Waals surface area contributed by atoms with Gasteiger partial charge in [0.1, 0.15) is 11.8 Å². The van der Waals surface area contributed by atoms with Crippen molar-refractivity contribution in [3.05, 3.63) is 101 Å². The van der Waals surface area contributed by atoms with E-state index < -0.39 is 47.8 Å². The number of benzene rings is 3. The summed E-state index contributed by atoms with van der Waals surface area (Å²) in [4.78, 5) is 3.21. The quantitative estimate of drug-likeness (QED) is 0.338. The zero-order valence-corrected chi connectivity index (χ0v) is 17.0. The van der Waals surface area contributed by atoms with E-state index in [9.17, 15) is 32.2 Å². The van der Waals surface area contributed by atoms with Crippen LogP contribution < -0.4 is 0 Å². The highest BCUT2D eigenvalue weighted by Crippen LogP contribution is 2.45. The highest BCUT2D eigenvalue weighted by molar-refractivity contribution is 5.83. The molecule has 0 radical (unpaired) electrons. The molecule has 4 aromatic rings. The van der Waals surface area contributed by atoms with Crippen LogP contribution in [0.25, 0.3) is 21.9 Å². The largest absolute Gasteiger partial charge is 0.433 e. The molecule has 33 heavy (non-hydrogen) atoms. The van der Waals surface area contributed by atoms with E-state index in [4.69, 9.17) is 0 Å². The summed E-state index contributed by atoms with van der Waals surface area (Å²) < 4.78 is 69.6. The van der Waals surface area contributed by atoms with Crippen molar-refractivity contribution in [3.63, 3.8) is 0 Å². The number of aliphatic hydroxyl groups is 2. The number of rotatable bonds is 5. The van der Waals surface area contributed by atoms with Gasteiger partial charge in [-0.15, -0.1) is 0 Å². The van der Waals surface area contributed by atoms with Crippen molar-refractivity contribution < 1.29 is 32.2 Å². The van der Waals surface area contributed by atoms with Crippen LogP contribution in [0.4, 0.5) is 22.0 Å². The van der Waals surface area contributed by atoms with Crippen LogP contribution in [0.3, 0.4) is 0 Å². The molecule has 0 aliphatic rings. The van der Waals surface area contributed by atoms with E-state index in [1.165, 1.54) is 36.4 Å². The van der Waals surface area contributed by atoms with E-state index in [0.29, 0.717) is 5.39 Å². The third-order valence-electron chi connectivity index (χ3n) is 5.43. The molecule has 0 saturated heterocycles. The lowest BCUT2D eigenvalue weighted by Crippen LogP contribution is -2.20. The number of aromatic nitrogens is 1. The fourth-order valence-corrected chi connectivity index (χ4v) is 3.96. The van der Waals surface area contributed by atoms with Crippen molar-refractivity contribution in [2.45, 2.75) is 25.3 Å². The molecule has 1 atom stereocenters. The normalized spacial score (nSPS) is 13.0. The second-order valence-electron chi connectivity index (χ2n) is 7.44. The molecule has 0 bridgehead atoms. The van der Waals surface area contributed by atoms with Crippen LogP contribution in [-0.2, 0) is 12.8 Å². The van der Waals surface area contributed by atoms with Crippen LogP contribution in [0.5, 0.6) is 0 Å². The first-order valence-electron chi connectivity index (χ1n) is 9.97. The number of aliphatic hydroxyl groups excluding tert-OH is 2. The van der Waals surface area contributed by atoms with Gasteiger partial charge in [-0.05, 0) is 33.5 Å². The van der Waals surface area contributed by atoms with Crippen LogP contribution in [0, 0.1) is 0 Å². The summed E-state index contributed by atoms with van der Waals surface area (Å²) in [5, 5.41) is 22.6. The average molecular weight is 459 g/mol.